The molecule has 2 aromatic carbocycles. The maximum absolute atomic E-state index is 13.3. The highest BCUT2D eigenvalue weighted by atomic mass is 32.2. The SMILES string of the molecule is CC1CC(C)CN(S(=O)(=O)c2ccc(NC(=O)c3cc(F)cc(F)c3)cc2)C1. The zero-order chi connectivity index (χ0) is 20.5. The molecule has 28 heavy (non-hydrogen) atoms. The molecule has 0 aliphatic carbocycles. The second kappa shape index (κ2) is 7.97. The second-order valence-corrected chi connectivity index (χ2v) is 9.34. The fraction of sp³-hybridized carbons (Fsp3) is 0.350. The average Bonchev–Trinajstić information content (AvgIpc) is 2.60. The molecule has 2 aromatic rings. The average molecular weight is 408 g/mol. The van der Waals surface area contributed by atoms with Crippen molar-refractivity contribution in [2.45, 2.75) is 25.2 Å². The number of nitrogens with zero attached hydrogens (tertiary/aromatic N) is 1. The molecule has 0 aromatic heterocycles. The van der Waals surface area contributed by atoms with E-state index in [1.54, 1.807) is 0 Å². The van der Waals surface area contributed by atoms with E-state index in [4.69, 9.17) is 0 Å². The van der Waals surface area contributed by atoms with Crippen LogP contribution in [0.3, 0.4) is 0 Å². The lowest BCUT2D eigenvalue weighted by atomic mass is 9.94. The molecule has 1 aliphatic rings. The fourth-order valence-corrected chi connectivity index (χ4v) is 5.23. The number of hydrogen-bond donors (Lipinski definition) is 1. The smallest absolute Gasteiger partial charge is 0.255 e. The van der Waals surface area contributed by atoms with Gasteiger partial charge in [0.2, 0.25) is 10.0 Å². The summed E-state index contributed by atoms with van der Waals surface area (Å²) in [5.74, 6) is -1.80. The molecule has 5 nitrogen and oxygen atoms in total. The van der Waals surface area contributed by atoms with Crippen molar-refractivity contribution in [3.8, 4) is 0 Å². The van der Waals surface area contributed by atoms with Gasteiger partial charge in [-0.15, -0.1) is 0 Å². The number of carbonyl (C=O) groups is 1. The standard InChI is InChI=1S/C20H22F2N2O3S/c1-13-7-14(2)12-24(11-13)28(26,27)19-5-3-18(4-6-19)23-20(25)15-8-16(21)10-17(22)9-15/h3-6,8-10,13-14H,7,11-12H2,1-2H3,(H,23,25). The number of nitrogens with one attached hydrogen (secondary N) is 1. The third kappa shape index (κ3) is 4.56. The van der Waals surface area contributed by atoms with Gasteiger partial charge in [-0.3, -0.25) is 4.79 Å². The lowest BCUT2D eigenvalue weighted by Crippen LogP contribution is -2.42. The van der Waals surface area contributed by atoms with E-state index in [9.17, 15) is 22.0 Å². The molecular formula is C20H22F2N2O3S. The zero-order valence-electron chi connectivity index (χ0n) is 15.7. The Labute approximate surface area is 163 Å². The highest BCUT2D eigenvalue weighted by Gasteiger charge is 2.31. The fourth-order valence-electron chi connectivity index (χ4n) is 3.55. The molecule has 1 N–H and O–H groups in total. The van der Waals surface area contributed by atoms with E-state index in [-0.39, 0.29) is 10.5 Å². The van der Waals surface area contributed by atoms with Crippen LogP contribution in [0.1, 0.15) is 30.6 Å². The molecule has 1 aliphatic heterocycles. The van der Waals surface area contributed by atoms with E-state index in [0.717, 1.165) is 18.6 Å². The van der Waals surface area contributed by atoms with Crippen molar-refractivity contribution in [2.24, 2.45) is 11.8 Å². The molecule has 3 rings (SSSR count). The van der Waals surface area contributed by atoms with Gasteiger partial charge in [-0.05, 0) is 54.7 Å². The Bertz CT molecular complexity index is 947. The summed E-state index contributed by atoms with van der Waals surface area (Å²) < 4.78 is 53.7. The second-order valence-electron chi connectivity index (χ2n) is 7.40. The molecule has 0 spiro atoms. The van der Waals surface area contributed by atoms with Crippen LogP contribution in [0.25, 0.3) is 0 Å². The minimum Gasteiger partial charge on any atom is -0.322 e. The Morgan fingerprint density at radius 3 is 2.07 bits per heavy atom. The maximum atomic E-state index is 13.3. The van der Waals surface area contributed by atoms with Crippen LogP contribution >= 0.6 is 0 Å². The molecule has 2 unspecified atom stereocenters. The molecular weight excluding hydrogens is 386 g/mol. The summed E-state index contributed by atoms with van der Waals surface area (Å²) in [5, 5.41) is 2.50. The molecule has 2 atom stereocenters. The lowest BCUT2D eigenvalue weighted by molar-refractivity contribution is 0.102. The summed E-state index contributed by atoms with van der Waals surface area (Å²) in [5.41, 5.74) is 0.166. The van der Waals surface area contributed by atoms with Crippen molar-refractivity contribution < 1.29 is 22.0 Å². The van der Waals surface area contributed by atoms with Crippen molar-refractivity contribution >= 4 is 21.6 Å². The van der Waals surface area contributed by atoms with Gasteiger partial charge in [0.05, 0.1) is 4.90 Å². The Kier molecular flexibility index (Phi) is 5.81. The van der Waals surface area contributed by atoms with Crippen molar-refractivity contribution in [1.82, 2.24) is 4.31 Å². The highest BCUT2D eigenvalue weighted by Crippen LogP contribution is 2.27. The summed E-state index contributed by atoms with van der Waals surface area (Å²) in [6.45, 7) is 5.03. The number of rotatable bonds is 4. The third-order valence-corrected chi connectivity index (χ3v) is 6.56. The Morgan fingerprint density at radius 2 is 1.54 bits per heavy atom. The third-order valence-electron chi connectivity index (χ3n) is 4.71. The summed E-state index contributed by atoms with van der Waals surface area (Å²) in [6, 6.07) is 8.28. The van der Waals surface area contributed by atoms with Gasteiger partial charge in [0.1, 0.15) is 11.6 Å². The van der Waals surface area contributed by atoms with E-state index in [1.807, 2.05) is 13.8 Å². The summed E-state index contributed by atoms with van der Waals surface area (Å²) in [4.78, 5) is 12.3. The van der Waals surface area contributed by atoms with Crippen LogP contribution in [-0.2, 0) is 10.0 Å². The van der Waals surface area contributed by atoms with Crippen LogP contribution in [0, 0.1) is 23.5 Å². The Morgan fingerprint density at radius 1 is 1.00 bits per heavy atom. The van der Waals surface area contributed by atoms with Gasteiger partial charge < -0.3 is 5.32 Å². The Hall–Kier alpha value is -2.32. The van der Waals surface area contributed by atoms with Crippen molar-refractivity contribution in [3.05, 3.63) is 59.7 Å². The molecule has 0 saturated carbocycles. The normalized spacial score (nSPS) is 20.7. The van der Waals surface area contributed by atoms with E-state index in [2.05, 4.69) is 5.32 Å². The zero-order valence-corrected chi connectivity index (χ0v) is 16.5. The number of sulfonamides is 1. The van der Waals surface area contributed by atoms with E-state index in [0.29, 0.717) is 36.7 Å². The minimum absolute atomic E-state index is 0.142. The summed E-state index contributed by atoms with van der Waals surface area (Å²) in [7, 11) is -3.62. The molecule has 1 saturated heterocycles. The van der Waals surface area contributed by atoms with Crippen molar-refractivity contribution in [3.63, 3.8) is 0 Å². The predicted octanol–water partition coefficient (Wildman–Crippen LogP) is 3.88. The number of piperidine rings is 1. The minimum atomic E-state index is -3.62. The van der Waals surface area contributed by atoms with E-state index >= 15 is 0 Å². The first-order chi connectivity index (χ1) is 13.1. The molecule has 1 heterocycles. The largest absolute Gasteiger partial charge is 0.322 e. The van der Waals surface area contributed by atoms with Crippen LogP contribution in [0.4, 0.5) is 14.5 Å². The molecule has 8 heteroatoms. The van der Waals surface area contributed by atoms with Crippen LogP contribution in [0.2, 0.25) is 0 Å². The van der Waals surface area contributed by atoms with Gasteiger partial charge in [-0.1, -0.05) is 13.8 Å². The summed E-state index contributed by atoms with van der Waals surface area (Å²) >= 11 is 0. The van der Waals surface area contributed by atoms with Crippen LogP contribution in [-0.4, -0.2) is 31.7 Å². The van der Waals surface area contributed by atoms with Gasteiger partial charge in [-0.25, -0.2) is 17.2 Å². The first-order valence-electron chi connectivity index (χ1n) is 9.03. The maximum Gasteiger partial charge on any atom is 0.255 e. The molecule has 0 bridgehead atoms. The molecule has 1 fully saturated rings. The quantitative estimate of drug-likeness (QED) is 0.835. The monoisotopic (exact) mass is 408 g/mol. The molecule has 1 amide bonds. The van der Waals surface area contributed by atoms with Crippen molar-refractivity contribution in [2.75, 3.05) is 18.4 Å². The number of hydrogen-bond acceptors (Lipinski definition) is 3. The van der Waals surface area contributed by atoms with Gasteiger partial charge in [0, 0.05) is 30.4 Å². The highest BCUT2D eigenvalue weighted by molar-refractivity contribution is 7.89. The van der Waals surface area contributed by atoms with Gasteiger partial charge in [0.25, 0.3) is 5.91 Å². The van der Waals surface area contributed by atoms with Crippen LogP contribution in [0.15, 0.2) is 47.4 Å². The topological polar surface area (TPSA) is 66.5 Å². The number of anilines is 1. The molecule has 150 valence electrons. The first kappa shape index (κ1) is 20.4. The van der Waals surface area contributed by atoms with Crippen LogP contribution in [0.5, 0.6) is 0 Å². The Balaban J connectivity index is 1.75. The van der Waals surface area contributed by atoms with Gasteiger partial charge in [0.15, 0.2) is 0 Å². The number of carbonyl (C=O) groups excluding carboxylic acids is 1. The van der Waals surface area contributed by atoms with E-state index in [1.165, 1.54) is 28.6 Å². The number of benzene rings is 2. The van der Waals surface area contributed by atoms with Crippen LogP contribution < -0.4 is 5.32 Å². The van der Waals surface area contributed by atoms with E-state index < -0.39 is 27.6 Å². The molecule has 0 radical (unpaired) electrons. The predicted molar refractivity (Wildman–Crippen MR) is 102 cm³/mol. The first-order valence-corrected chi connectivity index (χ1v) is 10.5. The van der Waals surface area contributed by atoms with Crippen molar-refractivity contribution in [1.29, 1.82) is 0 Å². The van der Waals surface area contributed by atoms with Gasteiger partial charge >= 0.3 is 0 Å². The lowest BCUT2D eigenvalue weighted by Gasteiger charge is -2.34. The summed E-state index contributed by atoms with van der Waals surface area (Å²) in [6.07, 6.45) is 0.998. The number of halogens is 2. The van der Waals surface area contributed by atoms with Gasteiger partial charge in [-0.2, -0.15) is 4.31 Å². The number of amides is 1.